The van der Waals surface area contributed by atoms with Gasteiger partial charge in [0.1, 0.15) is 0 Å². The molecule has 0 aromatic heterocycles. The second-order valence-electron chi connectivity index (χ2n) is 7.04. The van der Waals surface area contributed by atoms with E-state index in [9.17, 15) is 14.4 Å². The molecule has 1 saturated heterocycles. The van der Waals surface area contributed by atoms with Crippen molar-refractivity contribution in [2.75, 3.05) is 26.2 Å². The van der Waals surface area contributed by atoms with E-state index in [1.807, 2.05) is 36.1 Å². The molecule has 28 heavy (non-hydrogen) atoms. The van der Waals surface area contributed by atoms with Crippen LogP contribution >= 0.6 is 0 Å². The van der Waals surface area contributed by atoms with Gasteiger partial charge in [0.25, 0.3) is 0 Å². The molecule has 0 atom stereocenters. The Hall–Kier alpha value is -3.15. The first kappa shape index (κ1) is 19.6. The third-order valence-corrected chi connectivity index (χ3v) is 5.14. The number of aromatic carboxylic acids is 1. The van der Waals surface area contributed by atoms with Gasteiger partial charge < -0.3 is 14.9 Å². The Morgan fingerprint density at radius 1 is 0.821 bits per heavy atom. The zero-order valence-corrected chi connectivity index (χ0v) is 15.9. The summed E-state index contributed by atoms with van der Waals surface area (Å²) in [6, 6.07) is 14.2. The summed E-state index contributed by atoms with van der Waals surface area (Å²) in [6.07, 6.45) is 0.619. The van der Waals surface area contributed by atoms with E-state index in [-0.39, 0.29) is 23.8 Å². The number of benzene rings is 2. The molecule has 0 radical (unpaired) electrons. The third-order valence-electron chi connectivity index (χ3n) is 5.14. The second-order valence-corrected chi connectivity index (χ2v) is 7.04. The molecule has 0 saturated carbocycles. The van der Waals surface area contributed by atoms with E-state index in [0.717, 1.165) is 16.7 Å². The number of nitrogens with zero attached hydrogens (tertiary/aromatic N) is 2. The molecule has 2 aromatic carbocycles. The number of hydrogen-bond acceptors (Lipinski definition) is 3. The fourth-order valence-corrected chi connectivity index (χ4v) is 3.34. The van der Waals surface area contributed by atoms with E-state index in [0.29, 0.717) is 32.6 Å². The summed E-state index contributed by atoms with van der Waals surface area (Å²) >= 11 is 0. The molecular formula is C22H24N2O4. The first-order valence-electron chi connectivity index (χ1n) is 9.36. The summed E-state index contributed by atoms with van der Waals surface area (Å²) in [7, 11) is 0. The molecule has 3 rings (SSSR count). The number of piperazine rings is 1. The molecule has 1 aliphatic rings. The molecule has 2 aromatic rings. The van der Waals surface area contributed by atoms with Crippen LogP contribution in [0.4, 0.5) is 0 Å². The summed E-state index contributed by atoms with van der Waals surface area (Å²) in [5, 5.41) is 8.93. The van der Waals surface area contributed by atoms with Crippen molar-refractivity contribution in [1.29, 1.82) is 0 Å². The highest BCUT2D eigenvalue weighted by Gasteiger charge is 2.24. The maximum absolute atomic E-state index is 12.5. The van der Waals surface area contributed by atoms with Crippen molar-refractivity contribution in [3.63, 3.8) is 0 Å². The van der Waals surface area contributed by atoms with E-state index in [2.05, 4.69) is 0 Å². The van der Waals surface area contributed by atoms with Crippen molar-refractivity contribution in [2.45, 2.75) is 19.8 Å². The summed E-state index contributed by atoms with van der Waals surface area (Å²) in [4.78, 5) is 39.5. The normalized spacial score (nSPS) is 14.0. The number of carboxylic acids is 1. The Bertz CT molecular complexity index is 868. The van der Waals surface area contributed by atoms with Crippen LogP contribution in [0.15, 0.2) is 48.5 Å². The minimum atomic E-state index is -0.982. The summed E-state index contributed by atoms with van der Waals surface area (Å²) < 4.78 is 0. The smallest absolute Gasteiger partial charge is 0.335 e. The largest absolute Gasteiger partial charge is 0.478 e. The van der Waals surface area contributed by atoms with Gasteiger partial charge in [0.2, 0.25) is 11.8 Å². The number of carboxylic acid groups (broad SMARTS) is 1. The zero-order valence-electron chi connectivity index (χ0n) is 15.9. The lowest BCUT2D eigenvalue weighted by Crippen LogP contribution is -2.51. The van der Waals surface area contributed by atoms with Crippen LogP contribution in [-0.4, -0.2) is 58.9 Å². The molecular weight excluding hydrogens is 356 g/mol. The molecule has 1 N–H and O–H groups in total. The fraction of sp³-hybridized carbons (Fsp3) is 0.318. The lowest BCUT2D eigenvalue weighted by Gasteiger charge is -2.35. The number of hydrogen-bond donors (Lipinski definition) is 1. The van der Waals surface area contributed by atoms with Gasteiger partial charge in [-0.1, -0.05) is 36.4 Å². The average molecular weight is 380 g/mol. The van der Waals surface area contributed by atoms with Gasteiger partial charge in [0.15, 0.2) is 0 Å². The minimum absolute atomic E-state index is 0.00548. The van der Waals surface area contributed by atoms with E-state index >= 15 is 0 Å². The number of carbonyl (C=O) groups excluding carboxylic acids is 2. The predicted molar refractivity (Wildman–Crippen MR) is 105 cm³/mol. The maximum Gasteiger partial charge on any atom is 0.335 e. The van der Waals surface area contributed by atoms with Gasteiger partial charge in [-0.25, -0.2) is 4.79 Å². The van der Waals surface area contributed by atoms with Gasteiger partial charge in [-0.15, -0.1) is 0 Å². The molecule has 1 fully saturated rings. The fourth-order valence-electron chi connectivity index (χ4n) is 3.34. The highest BCUT2D eigenvalue weighted by atomic mass is 16.4. The van der Waals surface area contributed by atoms with Crippen molar-refractivity contribution in [3.8, 4) is 0 Å². The van der Waals surface area contributed by atoms with Gasteiger partial charge >= 0.3 is 5.97 Å². The Morgan fingerprint density at radius 2 is 1.36 bits per heavy atom. The van der Waals surface area contributed by atoms with E-state index in [4.69, 9.17) is 5.11 Å². The third kappa shape index (κ3) is 4.76. The van der Waals surface area contributed by atoms with E-state index in [1.165, 1.54) is 12.1 Å². The van der Waals surface area contributed by atoms with Crippen molar-refractivity contribution in [3.05, 3.63) is 70.8 Å². The number of carbonyl (C=O) groups is 3. The highest BCUT2D eigenvalue weighted by molar-refractivity contribution is 5.88. The van der Waals surface area contributed by atoms with Crippen LogP contribution in [0.1, 0.15) is 27.0 Å². The predicted octanol–water partition coefficient (Wildman–Crippen LogP) is 2.15. The van der Waals surface area contributed by atoms with Crippen molar-refractivity contribution < 1.29 is 19.5 Å². The zero-order chi connectivity index (χ0) is 20.1. The summed E-state index contributed by atoms with van der Waals surface area (Å²) in [6.45, 7) is 4.11. The van der Waals surface area contributed by atoms with E-state index in [1.54, 1.807) is 17.0 Å². The van der Waals surface area contributed by atoms with Crippen LogP contribution in [-0.2, 0) is 22.4 Å². The van der Waals surface area contributed by atoms with Crippen LogP contribution in [0.3, 0.4) is 0 Å². The Kier molecular flexibility index (Phi) is 6.09. The molecule has 0 aliphatic carbocycles. The van der Waals surface area contributed by atoms with E-state index < -0.39 is 5.97 Å². The number of rotatable bonds is 5. The Balaban J connectivity index is 1.50. The monoisotopic (exact) mass is 380 g/mol. The maximum atomic E-state index is 12.5. The van der Waals surface area contributed by atoms with Gasteiger partial charge in [-0.3, -0.25) is 9.59 Å². The second kappa shape index (κ2) is 8.69. The molecule has 6 nitrogen and oxygen atoms in total. The van der Waals surface area contributed by atoms with Crippen LogP contribution in [0.25, 0.3) is 0 Å². The standard InChI is InChI=1S/C22H24N2O4/c1-16-4-2-3-5-19(16)15-21(26)24-12-10-23(11-13-24)20(25)14-17-6-8-18(9-7-17)22(27)28/h2-9H,10-15H2,1H3,(H,27,28). The Morgan fingerprint density at radius 3 is 1.89 bits per heavy atom. The first-order valence-corrected chi connectivity index (χ1v) is 9.36. The molecule has 0 unspecified atom stereocenters. The van der Waals surface area contributed by atoms with Crippen molar-refractivity contribution in [2.24, 2.45) is 0 Å². The Labute approximate surface area is 164 Å². The number of aryl methyl sites for hydroxylation is 1. The number of amides is 2. The van der Waals surface area contributed by atoms with Gasteiger partial charge in [0.05, 0.1) is 18.4 Å². The first-order chi connectivity index (χ1) is 13.4. The molecule has 0 bridgehead atoms. The molecule has 0 spiro atoms. The average Bonchev–Trinajstić information content (AvgIpc) is 2.70. The van der Waals surface area contributed by atoms with Gasteiger partial charge in [-0.05, 0) is 35.7 Å². The molecule has 6 heteroatoms. The quantitative estimate of drug-likeness (QED) is 0.862. The van der Waals surface area contributed by atoms with Crippen LogP contribution in [0.2, 0.25) is 0 Å². The molecule has 1 aliphatic heterocycles. The van der Waals surface area contributed by atoms with Crippen LogP contribution < -0.4 is 0 Å². The lowest BCUT2D eigenvalue weighted by molar-refractivity contribution is -0.138. The lowest BCUT2D eigenvalue weighted by atomic mass is 10.0. The molecule has 146 valence electrons. The topological polar surface area (TPSA) is 77.9 Å². The molecule has 2 amide bonds. The van der Waals surface area contributed by atoms with Gasteiger partial charge in [-0.2, -0.15) is 0 Å². The summed E-state index contributed by atoms with van der Waals surface area (Å²) in [5.74, 6) is -0.899. The summed E-state index contributed by atoms with van der Waals surface area (Å²) in [5.41, 5.74) is 3.14. The van der Waals surface area contributed by atoms with Crippen molar-refractivity contribution >= 4 is 17.8 Å². The van der Waals surface area contributed by atoms with Gasteiger partial charge in [0, 0.05) is 26.2 Å². The van der Waals surface area contributed by atoms with Crippen molar-refractivity contribution in [1.82, 2.24) is 9.80 Å². The SMILES string of the molecule is Cc1ccccc1CC(=O)N1CCN(C(=O)Cc2ccc(C(=O)O)cc2)CC1. The van der Waals surface area contributed by atoms with Crippen LogP contribution in [0, 0.1) is 6.92 Å². The highest BCUT2D eigenvalue weighted by Crippen LogP contribution is 2.12. The minimum Gasteiger partial charge on any atom is -0.478 e. The molecule has 1 heterocycles. The van der Waals surface area contributed by atoms with Crippen LogP contribution in [0.5, 0.6) is 0 Å².